The van der Waals surface area contributed by atoms with Gasteiger partial charge >= 0.3 is 0 Å². The van der Waals surface area contributed by atoms with Gasteiger partial charge in [0.15, 0.2) is 0 Å². The highest BCUT2D eigenvalue weighted by molar-refractivity contribution is 5.25. The van der Waals surface area contributed by atoms with Crippen LogP contribution in [0.2, 0.25) is 0 Å². The van der Waals surface area contributed by atoms with Crippen molar-refractivity contribution < 1.29 is 4.74 Å². The Balaban J connectivity index is 1.76. The van der Waals surface area contributed by atoms with Gasteiger partial charge < -0.3 is 10.5 Å². The number of pyridine rings is 1. The first-order valence-electron chi connectivity index (χ1n) is 8.43. The highest BCUT2D eigenvalue weighted by Gasteiger charge is 2.40. The Morgan fingerprint density at radius 1 is 1.24 bits per heavy atom. The number of nitrogens with zero attached hydrogens (tertiary/aromatic N) is 1. The summed E-state index contributed by atoms with van der Waals surface area (Å²) in [7, 11) is 0. The molecule has 1 aliphatic heterocycles. The van der Waals surface area contributed by atoms with E-state index in [4.69, 9.17) is 10.5 Å². The van der Waals surface area contributed by atoms with Crippen LogP contribution in [0.15, 0.2) is 12.1 Å². The van der Waals surface area contributed by atoms with E-state index in [1.165, 1.54) is 37.7 Å². The number of aryl methyl sites for hydroxylation is 2. The maximum absolute atomic E-state index is 6.62. The Labute approximate surface area is 128 Å². The van der Waals surface area contributed by atoms with Crippen LogP contribution >= 0.6 is 0 Å². The Morgan fingerprint density at radius 3 is 2.71 bits per heavy atom. The van der Waals surface area contributed by atoms with Crippen molar-refractivity contribution in [1.82, 2.24) is 4.98 Å². The fourth-order valence-electron chi connectivity index (χ4n) is 4.22. The molecule has 1 spiro atoms. The van der Waals surface area contributed by atoms with Gasteiger partial charge in [-0.3, -0.25) is 4.98 Å². The van der Waals surface area contributed by atoms with E-state index < -0.39 is 0 Å². The number of hydrogen-bond acceptors (Lipinski definition) is 3. The Kier molecular flexibility index (Phi) is 4.32. The Morgan fingerprint density at radius 2 is 2.00 bits per heavy atom. The van der Waals surface area contributed by atoms with E-state index in [2.05, 4.69) is 24.0 Å². The van der Waals surface area contributed by atoms with Crippen LogP contribution in [-0.4, -0.2) is 17.2 Å². The fourth-order valence-corrected chi connectivity index (χ4v) is 4.22. The summed E-state index contributed by atoms with van der Waals surface area (Å²) in [4.78, 5) is 4.58. The van der Waals surface area contributed by atoms with Crippen LogP contribution in [0, 0.1) is 19.8 Å². The van der Waals surface area contributed by atoms with Gasteiger partial charge in [-0.1, -0.05) is 25.3 Å². The Hall–Kier alpha value is -0.930. The molecule has 2 fully saturated rings. The van der Waals surface area contributed by atoms with Crippen molar-refractivity contribution in [3.05, 3.63) is 29.1 Å². The van der Waals surface area contributed by atoms with Crippen molar-refractivity contribution in [1.29, 1.82) is 0 Å². The topological polar surface area (TPSA) is 48.1 Å². The van der Waals surface area contributed by atoms with Crippen molar-refractivity contribution in [2.24, 2.45) is 11.7 Å². The van der Waals surface area contributed by atoms with Crippen LogP contribution in [0.5, 0.6) is 0 Å². The SMILES string of the molecule is Cc1ccc(C(N)C2CCOC3(CCCCC3)C2)c(C)n1. The molecule has 21 heavy (non-hydrogen) atoms. The fraction of sp³-hybridized carbons (Fsp3) is 0.722. The van der Waals surface area contributed by atoms with Crippen LogP contribution in [0.4, 0.5) is 0 Å². The third-order valence-corrected chi connectivity index (χ3v) is 5.43. The number of nitrogens with two attached hydrogens (primary N) is 1. The second-order valence-electron chi connectivity index (χ2n) is 7.00. The lowest BCUT2D eigenvalue weighted by Gasteiger charge is -2.45. The molecule has 0 amide bonds. The normalized spacial score (nSPS) is 26.7. The lowest BCUT2D eigenvalue weighted by atomic mass is 9.73. The highest BCUT2D eigenvalue weighted by Crippen LogP contribution is 2.43. The van der Waals surface area contributed by atoms with Crippen LogP contribution < -0.4 is 5.73 Å². The van der Waals surface area contributed by atoms with E-state index in [0.29, 0.717) is 5.92 Å². The summed E-state index contributed by atoms with van der Waals surface area (Å²) in [6.45, 7) is 4.99. The van der Waals surface area contributed by atoms with E-state index in [-0.39, 0.29) is 11.6 Å². The summed E-state index contributed by atoms with van der Waals surface area (Å²) in [5.41, 5.74) is 10.1. The molecule has 2 unspecified atom stereocenters. The van der Waals surface area contributed by atoms with Crippen LogP contribution in [0.1, 0.15) is 67.9 Å². The van der Waals surface area contributed by atoms with Gasteiger partial charge in [0.2, 0.25) is 0 Å². The second kappa shape index (κ2) is 6.05. The first-order chi connectivity index (χ1) is 10.1. The van der Waals surface area contributed by atoms with E-state index in [9.17, 15) is 0 Å². The Bertz CT molecular complexity index is 488. The molecular weight excluding hydrogens is 260 g/mol. The van der Waals surface area contributed by atoms with Gasteiger partial charge in [0.25, 0.3) is 0 Å². The van der Waals surface area contributed by atoms with Gasteiger partial charge in [0.05, 0.1) is 5.60 Å². The number of hydrogen-bond donors (Lipinski definition) is 1. The summed E-state index contributed by atoms with van der Waals surface area (Å²) in [5, 5.41) is 0. The molecule has 1 aliphatic carbocycles. The zero-order chi connectivity index (χ0) is 14.9. The molecule has 1 aromatic heterocycles. The van der Waals surface area contributed by atoms with Crippen molar-refractivity contribution in [3.8, 4) is 0 Å². The molecule has 1 saturated carbocycles. The van der Waals surface area contributed by atoms with Crippen molar-refractivity contribution >= 4 is 0 Å². The second-order valence-corrected chi connectivity index (χ2v) is 7.00. The van der Waals surface area contributed by atoms with Crippen molar-refractivity contribution in [3.63, 3.8) is 0 Å². The van der Waals surface area contributed by atoms with Gasteiger partial charge in [-0.15, -0.1) is 0 Å². The maximum atomic E-state index is 6.62. The van der Waals surface area contributed by atoms with Crippen molar-refractivity contribution in [2.75, 3.05) is 6.61 Å². The third-order valence-electron chi connectivity index (χ3n) is 5.43. The molecule has 3 rings (SSSR count). The zero-order valence-electron chi connectivity index (χ0n) is 13.4. The van der Waals surface area contributed by atoms with E-state index in [0.717, 1.165) is 30.8 Å². The largest absolute Gasteiger partial charge is 0.375 e. The number of ether oxygens (including phenoxy) is 1. The summed E-state index contributed by atoms with van der Waals surface area (Å²) in [6, 6.07) is 4.35. The third kappa shape index (κ3) is 3.14. The van der Waals surface area contributed by atoms with Crippen LogP contribution in [0.25, 0.3) is 0 Å². The number of rotatable bonds is 2. The molecule has 2 aliphatic rings. The smallest absolute Gasteiger partial charge is 0.0685 e. The molecule has 2 heterocycles. The summed E-state index contributed by atoms with van der Waals surface area (Å²) in [6.07, 6.45) is 8.64. The van der Waals surface area contributed by atoms with E-state index >= 15 is 0 Å². The minimum absolute atomic E-state index is 0.0980. The summed E-state index contributed by atoms with van der Waals surface area (Å²) < 4.78 is 6.20. The molecule has 2 N–H and O–H groups in total. The summed E-state index contributed by atoms with van der Waals surface area (Å²) in [5.74, 6) is 0.528. The number of aromatic nitrogens is 1. The quantitative estimate of drug-likeness (QED) is 0.899. The lowest BCUT2D eigenvalue weighted by molar-refractivity contribution is -0.120. The average molecular weight is 288 g/mol. The molecule has 2 atom stereocenters. The van der Waals surface area contributed by atoms with Gasteiger partial charge in [0, 0.05) is 24.0 Å². The standard InChI is InChI=1S/C18H28N2O/c1-13-6-7-16(14(2)20-13)17(19)15-8-11-21-18(12-15)9-4-3-5-10-18/h6-7,15,17H,3-5,8-12,19H2,1-2H3. The van der Waals surface area contributed by atoms with Gasteiger partial charge in [-0.25, -0.2) is 0 Å². The van der Waals surface area contributed by atoms with Crippen LogP contribution in [-0.2, 0) is 4.74 Å². The lowest BCUT2D eigenvalue weighted by Crippen LogP contribution is -2.44. The van der Waals surface area contributed by atoms with Crippen LogP contribution in [0.3, 0.4) is 0 Å². The zero-order valence-corrected chi connectivity index (χ0v) is 13.4. The molecule has 0 radical (unpaired) electrons. The van der Waals surface area contributed by atoms with E-state index in [1.807, 2.05) is 6.92 Å². The molecule has 0 bridgehead atoms. The molecule has 0 aromatic carbocycles. The predicted molar refractivity (Wildman–Crippen MR) is 85.1 cm³/mol. The molecule has 116 valence electrons. The average Bonchev–Trinajstić information content (AvgIpc) is 2.47. The predicted octanol–water partition coefficient (Wildman–Crippen LogP) is 3.83. The highest BCUT2D eigenvalue weighted by atomic mass is 16.5. The molecule has 1 aromatic rings. The first kappa shape index (κ1) is 15.0. The molecular formula is C18H28N2O. The molecule has 3 nitrogen and oxygen atoms in total. The van der Waals surface area contributed by atoms with Gasteiger partial charge in [0.1, 0.15) is 0 Å². The van der Waals surface area contributed by atoms with Gasteiger partial charge in [-0.2, -0.15) is 0 Å². The van der Waals surface area contributed by atoms with E-state index in [1.54, 1.807) is 0 Å². The van der Waals surface area contributed by atoms with Crippen molar-refractivity contribution in [2.45, 2.75) is 70.4 Å². The minimum atomic E-state index is 0.0980. The summed E-state index contributed by atoms with van der Waals surface area (Å²) >= 11 is 0. The maximum Gasteiger partial charge on any atom is 0.0685 e. The monoisotopic (exact) mass is 288 g/mol. The minimum Gasteiger partial charge on any atom is -0.375 e. The first-order valence-corrected chi connectivity index (χ1v) is 8.43. The van der Waals surface area contributed by atoms with Gasteiger partial charge in [-0.05, 0) is 57.1 Å². The molecule has 3 heteroatoms. The molecule has 1 saturated heterocycles.